The minimum absolute atomic E-state index is 0.178. The number of nitrogens with two attached hydrogens (primary N) is 1. The average Bonchev–Trinajstić information content (AvgIpc) is 2.94. The molecule has 0 spiro atoms. The third-order valence-corrected chi connectivity index (χ3v) is 6.07. The minimum Gasteiger partial charge on any atom is -0.363 e. The molecule has 21 heavy (non-hydrogen) atoms. The summed E-state index contributed by atoms with van der Waals surface area (Å²) in [6.45, 7) is 4.49. The molecule has 0 radical (unpaired) electrons. The van der Waals surface area contributed by atoms with Gasteiger partial charge in [-0.05, 0) is 50.3 Å². The van der Waals surface area contributed by atoms with E-state index in [0.717, 1.165) is 6.54 Å². The van der Waals surface area contributed by atoms with E-state index in [2.05, 4.69) is 34.1 Å². The molecule has 4 rings (SSSR count). The lowest BCUT2D eigenvalue weighted by atomic mass is 9.81. The van der Waals surface area contributed by atoms with Gasteiger partial charge in [0.2, 0.25) is 0 Å². The Morgan fingerprint density at radius 1 is 1.10 bits per heavy atom. The van der Waals surface area contributed by atoms with Crippen molar-refractivity contribution >= 4 is 5.69 Å². The first-order chi connectivity index (χ1) is 10.3. The highest BCUT2D eigenvalue weighted by Crippen LogP contribution is 2.43. The summed E-state index contributed by atoms with van der Waals surface area (Å²) in [6.07, 6.45) is 7.80. The highest BCUT2D eigenvalue weighted by atomic mass is 15.3. The molecule has 1 aromatic rings. The van der Waals surface area contributed by atoms with Crippen molar-refractivity contribution in [3.8, 4) is 0 Å². The Morgan fingerprint density at radius 2 is 2.00 bits per heavy atom. The Kier molecular flexibility index (Phi) is 3.43. The Hall–Kier alpha value is -1.06. The second kappa shape index (κ2) is 5.29. The lowest BCUT2D eigenvalue weighted by Gasteiger charge is -2.50. The number of aryl methyl sites for hydroxylation is 1. The third-order valence-electron chi connectivity index (χ3n) is 6.07. The molecule has 0 aromatic heterocycles. The average molecular weight is 285 g/mol. The molecule has 0 aliphatic carbocycles. The van der Waals surface area contributed by atoms with Crippen molar-refractivity contribution in [1.29, 1.82) is 0 Å². The zero-order chi connectivity index (χ0) is 14.3. The van der Waals surface area contributed by atoms with Gasteiger partial charge in [0.25, 0.3) is 0 Å². The van der Waals surface area contributed by atoms with E-state index in [4.69, 9.17) is 5.73 Å². The SMILES string of the molecule is NCC1(N2CCCc3ccccc32)CCN2CCCCC21. The van der Waals surface area contributed by atoms with E-state index in [1.807, 2.05) is 0 Å². The van der Waals surface area contributed by atoms with Gasteiger partial charge < -0.3 is 10.6 Å². The lowest BCUT2D eigenvalue weighted by molar-refractivity contribution is 0.153. The summed E-state index contributed by atoms with van der Waals surface area (Å²) in [7, 11) is 0. The number of nitrogens with zero attached hydrogens (tertiary/aromatic N) is 2. The number of piperidine rings is 1. The maximum Gasteiger partial charge on any atom is 0.0690 e. The van der Waals surface area contributed by atoms with Crippen molar-refractivity contribution in [2.75, 3.05) is 31.1 Å². The number of rotatable bonds is 2. The molecule has 3 aliphatic rings. The molecule has 0 amide bonds. The molecule has 0 saturated carbocycles. The molecule has 3 heterocycles. The zero-order valence-corrected chi connectivity index (χ0v) is 12.9. The van der Waals surface area contributed by atoms with E-state index in [1.165, 1.54) is 69.4 Å². The van der Waals surface area contributed by atoms with E-state index >= 15 is 0 Å². The molecule has 2 unspecified atom stereocenters. The summed E-state index contributed by atoms with van der Waals surface area (Å²) >= 11 is 0. The van der Waals surface area contributed by atoms with Gasteiger partial charge in [-0.2, -0.15) is 0 Å². The fourth-order valence-electron chi connectivity index (χ4n) is 5.03. The standard InChI is InChI=1S/C18H27N3/c19-14-18(10-13-20-11-4-3-9-17(18)20)21-12-5-7-15-6-1-2-8-16(15)21/h1-2,6,8,17H,3-5,7,9-14,19H2. The minimum atomic E-state index is 0.178. The number of hydrogen-bond acceptors (Lipinski definition) is 3. The highest BCUT2D eigenvalue weighted by Gasteiger charge is 2.51. The number of fused-ring (bicyclic) bond motifs is 2. The molecular formula is C18H27N3. The van der Waals surface area contributed by atoms with Crippen LogP contribution in [0.1, 0.15) is 37.7 Å². The molecule has 3 aliphatic heterocycles. The predicted molar refractivity (Wildman–Crippen MR) is 87.7 cm³/mol. The van der Waals surface area contributed by atoms with Gasteiger partial charge in [-0.1, -0.05) is 24.6 Å². The van der Waals surface area contributed by atoms with Crippen LogP contribution in [0.15, 0.2) is 24.3 Å². The van der Waals surface area contributed by atoms with Gasteiger partial charge in [-0.3, -0.25) is 4.90 Å². The molecule has 2 atom stereocenters. The smallest absolute Gasteiger partial charge is 0.0690 e. The van der Waals surface area contributed by atoms with Crippen LogP contribution in [-0.2, 0) is 6.42 Å². The van der Waals surface area contributed by atoms with Gasteiger partial charge >= 0.3 is 0 Å². The molecular weight excluding hydrogens is 258 g/mol. The summed E-state index contributed by atoms with van der Waals surface area (Å²) in [6, 6.07) is 9.66. The van der Waals surface area contributed by atoms with E-state index in [0.29, 0.717) is 6.04 Å². The quantitative estimate of drug-likeness (QED) is 0.905. The van der Waals surface area contributed by atoms with Crippen molar-refractivity contribution in [1.82, 2.24) is 4.90 Å². The van der Waals surface area contributed by atoms with Crippen LogP contribution in [0.2, 0.25) is 0 Å². The van der Waals surface area contributed by atoms with Gasteiger partial charge in [0.15, 0.2) is 0 Å². The molecule has 3 heteroatoms. The van der Waals surface area contributed by atoms with Gasteiger partial charge in [0.1, 0.15) is 0 Å². The predicted octanol–water partition coefficient (Wildman–Crippen LogP) is 2.39. The lowest BCUT2D eigenvalue weighted by Crippen LogP contribution is -2.63. The van der Waals surface area contributed by atoms with E-state index < -0.39 is 0 Å². The van der Waals surface area contributed by atoms with Gasteiger partial charge in [-0.25, -0.2) is 0 Å². The Balaban J connectivity index is 1.74. The maximum atomic E-state index is 6.40. The Labute approximate surface area is 128 Å². The molecule has 2 N–H and O–H groups in total. The molecule has 2 saturated heterocycles. The van der Waals surface area contributed by atoms with Crippen LogP contribution < -0.4 is 10.6 Å². The van der Waals surface area contributed by atoms with Crippen molar-refractivity contribution < 1.29 is 0 Å². The van der Waals surface area contributed by atoms with Crippen LogP contribution in [0.25, 0.3) is 0 Å². The molecule has 0 bridgehead atoms. The number of anilines is 1. The molecule has 114 valence electrons. The number of para-hydroxylation sites is 1. The van der Waals surface area contributed by atoms with E-state index in [1.54, 1.807) is 0 Å². The van der Waals surface area contributed by atoms with Crippen molar-refractivity contribution in [2.24, 2.45) is 5.73 Å². The molecule has 1 aromatic carbocycles. The molecule has 2 fully saturated rings. The normalized spacial score (nSPS) is 32.8. The summed E-state index contributed by atoms with van der Waals surface area (Å²) in [5, 5.41) is 0. The fraction of sp³-hybridized carbons (Fsp3) is 0.667. The van der Waals surface area contributed by atoms with Crippen molar-refractivity contribution in [3.05, 3.63) is 29.8 Å². The summed E-state index contributed by atoms with van der Waals surface area (Å²) in [4.78, 5) is 5.41. The van der Waals surface area contributed by atoms with E-state index in [-0.39, 0.29) is 5.54 Å². The first kappa shape index (κ1) is 13.6. The van der Waals surface area contributed by atoms with E-state index in [9.17, 15) is 0 Å². The van der Waals surface area contributed by atoms with Gasteiger partial charge in [-0.15, -0.1) is 0 Å². The summed E-state index contributed by atoms with van der Waals surface area (Å²) < 4.78 is 0. The van der Waals surface area contributed by atoms with Crippen molar-refractivity contribution in [3.63, 3.8) is 0 Å². The monoisotopic (exact) mass is 285 g/mol. The first-order valence-corrected chi connectivity index (χ1v) is 8.65. The first-order valence-electron chi connectivity index (χ1n) is 8.65. The fourth-order valence-corrected chi connectivity index (χ4v) is 5.03. The number of hydrogen-bond donors (Lipinski definition) is 1. The second-order valence-corrected chi connectivity index (χ2v) is 6.99. The van der Waals surface area contributed by atoms with Crippen LogP contribution in [0.5, 0.6) is 0 Å². The summed E-state index contributed by atoms with van der Waals surface area (Å²) in [5.74, 6) is 0. The van der Waals surface area contributed by atoms with Gasteiger partial charge in [0, 0.05) is 31.4 Å². The van der Waals surface area contributed by atoms with Crippen molar-refractivity contribution in [2.45, 2.75) is 50.1 Å². The van der Waals surface area contributed by atoms with Crippen LogP contribution in [0.3, 0.4) is 0 Å². The van der Waals surface area contributed by atoms with Crippen LogP contribution >= 0.6 is 0 Å². The summed E-state index contributed by atoms with van der Waals surface area (Å²) in [5.41, 5.74) is 9.55. The topological polar surface area (TPSA) is 32.5 Å². The van der Waals surface area contributed by atoms with Crippen LogP contribution in [0.4, 0.5) is 5.69 Å². The molecule has 3 nitrogen and oxygen atoms in total. The third kappa shape index (κ3) is 2.01. The number of benzene rings is 1. The second-order valence-electron chi connectivity index (χ2n) is 6.99. The maximum absolute atomic E-state index is 6.40. The Bertz CT molecular complexity index is 515. The highest BCUT2D eigenvalue weighted by molar-refractivity contribution is 5.58. The zero-order valence-electron chi connectivity index (χ0n) is 12.9. The Morgan fingerprint density at radius 3 is 2.90 bits per heavy atom. The van der Waals surface area contributed by atoms with Crippen LogP contribution in [0, 0.1) is 0 Å². The van der Waals surface area contributed by atoms with Crippen LogP contribution in [-0.4, -0.2) is 42.7 Å². The largest absolute Gasteiger partial charge is 0.363 e. The van der Waals surface area contributed by atoms with Gasteiger partial charge in [0.05, 0.1) is 5.54 Å².